The summed E-state index contributed by atoms with van der Waals surface area (Å²) >= 11 is 0. The van der Waals surface area contributed by atoms with Crippen LogP contribution in [-0.4, -0.2) is 104 Å². The number of aliphatic carboxylic acids is 1. The zero-order valence-corrected chi connectivity index (χ0v) is 15.2. The molecule has 10 atom stereocenters. The minimum atomic E-state index is -1.74. The standard InChI is InChI=1S/C14H25N3O9.Cu/c1-3-5(17-12(16)13(23)24)2-4(15)14(25-3)26-11-9(21)7(19)6(18)8(20)10(11)22;/h3-11,14,18-22H,2,15H2,1H3,(H2,16,17)(H,23,24);/t3-,4+,5+,6-,7+,8+,9-,10+,11+,14-;/m1./s1. The number of ether oxygens (including phenoxy) is 2. The van der Waals surface area contributed by atoms with Crippen molar-refractivity contribution in [1.29, 1.82) is 5.41 Å². The molecule has 0 aromatic carbocycles. The Morgan fingerprint density at radius 2 is 1.59 bits per heavy atom. The first-order chi connectivity index (χ1) is 12.0. The SMILES string of the molecule is C[C@H]1O[C@H](O[C@H]2[C@H](O)[C@@H](O)[C@@H](O)[C@H](O)[C@@H]2O)[C@@H](N)C[C@@H]1NC(=N)C(=O)O.[Cu]. The Hall–Kier alpha value is -0.861. The summed E-state index contributed by atoms with van der Waals surface area (Å²) in [5.74, 6) is -2.14. The molecule has 0 bridgehead atoms. The number of aliphatic hydroxyl groups is 5. The van der Waals surface area contributed by atoms with E-state index >= 15 is 0 Å². The van der Waals surface area contributed by atoms with Crippen molar-refractivity contribution in [3.05, 3.63) is 0 Å². The third-order valence-electron chi connectivity index (χ3n) is 4.70. The monoisotopic (exact) mass is 442 g/mol. The predicted octanol–water partition coefficient (Wildman–Crippen LogP) is -4.33. The minimum absolute atomic E-state index is 0. The van der Waals surface area contributed by atoms with E-state index in [1.165, 1.54) is 0 Å². The van der Waals surface area contributed by atoms with Crippen molar-refractivity contribution in [2.45, 2.75) is 74.4 Å². The molecule has 12 nitrogen and oxygen atoms in total. The van der Waals surface area contributed by atoms with E-state index in [-0.39, 0.29) is 23.5 Å². The van der Waals surface area contributed by atoms with Gasteiger partial charge in [-0.25, -0.2) is 4.79 Å². The number of carbonyl (C=O) groups is 1. The summed E-state index contributed by atoms with van der Waals surface area (Å²) in [6, 6.07) is -1.39. The van der Waals surface area contributed by atoms with Crippen LogP contribution in [0.5, 0.6) is 0 Å². The molecule has 0 unspecified atom stereocenters. The molecule has 13 heteroatoms. The molecule has 2 fully saturated rings. The third-order valence-corrected chi connectivity index (χ3v) is 4.70. The van der Waals surface area contributed by atoms with E-state index in [9.17, 15) is 30.3 Å². The summed E-state index contributed by atoms with van der Waals surface area (Å²) in [6.07, 6.45) is -11.7. The smallest absolute Gasteiger partial charge is 0.370 e. The van der Waals surface area contributed by atoms with Gasteiger partial charge in [0.25, 0.3) is 0 Å². The van der Waals surface area contributed by atoms with E-state index in [2.05, 4.69) is 5.32 Å². The van der Waals surface area contributed by atoms with Crippen LogP contribution in [0.1, 0.15) is 13.3 Å². The maximum atomic E-state index is 10.7. The third kappa shape index (κ3) is 5.15. The van der Waals surface area contributed by atoms with Crippen molar-refractivity contribution in [3.63, 3.8) is 0 Å². The molecule has 1 radical (unpaired) electrons. The summed E-state index contributed by atoms with van der Waals surface area (Å²) in [7, 11) is 0. The first-order valence-corrected chi connectivity index (χ1v) is 8.09. The van der Waals surface area contributed by atoms with Crippen LogP contribution in [0, 0.1) is 5.41 Å². The zero-order valence-electron chi connectivity index (χ0n) is 14.3. The molecule has 0 amide bonds. The Labute approximate surface area is 165 Å². The molecule has 1 saturated carbocycles. The van der Waals surface area contributed by atoms with Crippen molar-refractivity contribution < 1.29 is 62.0 Å². The summed E-state index contributed by atoms with van der Waals surface area (Å²) < 4.78 is 11.0. The maximum Gasteiger partial charge on any atom is 0.370 e. The van der Waals surface area contributed by atoms with Crippen molar-refractivity contribution in [2.24, 2.45) is 5.73 Å². The second-order valence-corrected chi connectivity index (χ2v) is 6.59. The second kappa shape index (κ2) is 9.56. The Bertz CT molecular complexity index is 526. The molecule has 1 heterocycles. The number of nitrogens with two attached hydrogens (primary N) is 1. The van der Waals surface area contributed by atoms with Crippen LogP contribution in [0.3, 0.4) is 0 Å². The van der Waals surface area contributed by atoms with Crippen LogP contribution in [0.4, 0.5) is 0 Å². The number of hydrogen-bond donors (Lipinski definition) is 9. The molecule has 1 saturated heterocycles. The number of rotatable bonds is 3. The van der Waals surface area contributed by atoms with Gasteiger partial charge in [-0.1, -0.05) is 0 Å². The van der Waals surface area contributed by atoms with Gasteiger partial charge in [0.05, 0.1) is 18.2 Å². The van der Waals surface area contributed by atoms with Crippen molar-refractivity contribution in [3.8, 4) is 0 Å². The quantitative estimate of drug-likeness (QED) is 0.115. The van der Waals surface area contributed by atoms with E-state index in [4.69, 9.17) is 25.7 Å². The fourth-order valence-corrected chi connectivity index (χ4v) is 3.07. The topological polar surface area (TPSA) is 219 Å². The molecular formula is C14H25CuN3O9. The Morgan fingerprint density at radius 3 is 2.07 bits per heavy atom. The van der Waals surface area contributed by atoms with E-state index < -0.39 is 72.9 Å². The average molecular weight is 443 g/mol. The molecule has 2 aliphatic rings. The van der Waals surface area contributed by atoms with Gasteiger partial charge in [0.2, 0.25) is 5.84 Å². The van der Waals surface area contributed by atoms with Crippen LogP contribution in [0.2, 0.25) is 0 Å². The summed E-state index contributed by atoms with van der Waals surface area (Å²) in [4.78, 5) is 10.7. The summed E-state index contributed by atoms with van der Waals surface area (Å²) in [5, 5.41) is 67.6. The van der Waals surface area contributed by atoms with Crippen molar-refractivity contribution in [2.75, 3.05) is 0 Å². The van der Waals surface area contributed by atoms with Gasteiger partial charge in [0.1, 0.15) is 36.6 Å². The Kier molecular flexibility index (Phi) is 8.56. The van der Waals surface area contributed by atoms with Gasteiger partial charge in [0.15, 0.2) is 6.29 Å². The fraction of sp³-hybridized carbons (Fsp3) is 0.857. The van der Waals surface area contributed by atoms with Gasteiger partial charge >= 0.3 is 5.97 Å². The van der Waals surface area contributed by atoms with Crippen LogP contribution in [0.25, 0.3) is 0 Å². The van der Waals surface area contributed by atoms with E-state index in [1.807, 2.05) is 0 Å². The molecule has 2 rings (SSSR count). The molecule has 0 aromatic rings. The average Bonchev–Trinajstić information content (AvgIpc) is 2.58. The van der Waals surface area contributed by atoms with Gasteiger partial charge in [-0.3, -0.25) is 5.41 Å². The van der Waals surface area contributed by atoms with E-state index in [1.54, 1.807) is 6.92 Å². The number of hydrogen-bond acceptors (Lipinski definition) is 10. The normalized spacial score (nSPS) is 44.9. The molecule has 27 heavy (non-hydrogen) atoms. The number of carboxylic acid groups (broad SMARTS) is 1. The molecule has 1 aliphatic carbocycles. The maximum absolute atomic E-state index is 10.7. The molecular weight excluding hydrogens is 418 g/mol. The first-order valence-electron chi connectivity index (χ1n) is 8.09. The molecule has 161 valence electrons. The van der Waals surface area contributed by atoms with Crippen LogP contribution >= 0.6 is 0 Å². The summed E-state index contributed by atoms with van der Waals surface area (Å²) in [6.45, 7) is 1.59. The molecule has 10 N–H and O–H groups in total. The van der Waals surface area contributed by atoms with Gasteiger partial charge in [-0.15, -0.1) is 0 Å². The largest absolute Gasteiger partial charge is 0.475 e. The van der Waals surface area contributed by atoms with E-state index in [0.717, 1.165) is 0 Å². The Balaban J connectivity index is 0.00000364. The van der Waals surface area contributed by atoms with Gasteiger partial charge < -0.3 is 51.2 Å². The number of nitrogens with one attached hydrogen (secondary N) is 2. The zero-order chi connectivity index (χ0) is 19.8. The van der Waals surface area contributed by atoms with Crippen LogP contribution < -0.4 is 11.1 Å². The van der Waals surface area contributed by atoms with E-state index in [0.29, 0.717) is 0 Å². The second-order valence-electron chi connectivity index (χ2n) is 6.59. The molecule has 1 aliphatic heterocycles. The first kappa shape index (κ1) is 24.2. The van der Waals surface area contributed by atoms with Gasteiger partial charge in [-0.2, -0.15) is 0 Å². The number of aliphatic hydroxyl groups excluding tert-OH is 5. The van der Waals surface area contributed by atoms with Crippen LogP contribution in [0.15, 0.2) is 0 Å². The van der Waals surface area contributed by atoms with Crippen molar-refractivity contribution in [1.82, 2.24) is 5.32 Å². The minimum Gasteiger partial charge on any atom is -0.475 e. The molecule has 0 aromatic heterocycles. The summed E-state index contributed by atoms with van der Waals surface area (Å²) in [5.41, 5.74) is 5.94. The molecule has 0 spiro atoms. The van der Waals surface area contributed by atoms with Crippen LogP contribution in [-0.2, 0) is 31.3 Å². The number of amidine groups is 1. The number of carboxylic acids is 1. The van der Waals surface area contributed by atoms with Gasteiger partial charge in [0, 0.05) is 17.1 Å². The van der Waals surface area contributed by atoms with Crippen molar-refractivity contribution >= 4 is 11.8 Å². The predicted molar refractivity (Wildman–Crippen MR) is 84.1 cm³/mol. The fourth-order valence-electron chi connectivity index (χ4n) is 3.07. The Morgan fingerprint density at radius 1 is 1.11 bits per heavy atom. The van der Waals surface area contributed by atoms with Gasteiger partial charge in [-0.05, 0) is 13.3 Å².